The van der Waals surface area contributed by atoms with E-state index in [1.165, 1.54) is 0 Å². The number of amides is 2. The molecular weight excluding hydrogens is 301 g/mol. The molecule has 0 heterocycles. The van der Waals surface area contributed by atoms with E-state index in [-0.39, 0.29) is 18.2 Å². The third-order valence-electron chi connectivity index (χ3n) is 2.70. The Labute approximate surface area is 125 Å². The van der Waals surface area contributed by atoms with Crippen molar-refractivity contribution < 1.29 is 27.9 Å². The quantitative estimate of drug-likeness (QED) is 0.734. The predicted octanol–water partition coefficient (Wildman–Crippen LogP) is 1.38. The number of nitrogens with one attached hydrogen (secondary N) is 2. The van der Waals surface area contributed by atoms with Crippen LogP contribution in [0.4, 0.5) is 13.2 Å². The molecule has 0 bridgehead atoms. The van der Waals surface area contributed by atoms with Crippen LogP contribution in [0.25, 0.3) is 0 Å². The molecule has 3 N–H and O–H groups in total. The number of hydrogen-bond donors (Lipinski definition) is 3. The fourth-order valence-electron chi connectivity index (χ4n) is 1.61. The molecule has 0 fully saturated rings. The lowest BCUT2D eigenvalue weighted by Gasteiger charge is -2.14. The van der Waals surface area contributed by atoms with Crippen molar-refractivity contribution in [3.8, 4) is 0 Å². The van der Waals surface area contributed by atoms with Gasteiger partial charge in [0, 0.05) is 12.6 Å². The SMILES string of the molecule is CC(C)NC(=O)C(=O)NCC(O)c1ccc(C(F)(F)F)cc1. The van der Waals surface area contributed by atoms with Crippen molar-refractivity contribution in [2.24, 2.45) is 0 Å². The van der Waals surface area contributed by atoms with Crippen LogP contribution in [0.3, 0.4) is 0 Å². The van der Waals surface area contributed by atoms with E-state index in [9.17, 15) is 27.9 Å². The Kier molecular flexibility index (Phi) is 5.92. The van der Waals surface area contributed by atoms with Gasteiger partial charge < -0.3 is 15.7 Å². The summed E-state index contributed by atoms with van der Waals surface area (Å²) in [7, 11) is 0. The van der Waals surface area contributed by atoms with E-state index in [4.69, 9.17) is 0 Å². The second kappa shape index (κ2) is 7.26. The lowest BCUT2D eigenvalue weighted by atomic mass is 10.1. The number of carbonyl (C=O) groups is 2. The first kappa shape index (κ1) is 18.0. The normalized spacial score (nSPS) is 12.9. The van der Waals surface area contributed by atoms with Crippen LogP contribution < -0.4 is 10.6 Å². The first-order chi connectivity index (χ1) is 10.1. The van der Waals surface area contributed by atoms with E-state index in [2.05, 4.69) is 10.6 Å². The summed E-state index contributed by atoms with van der Waals surface area (Å²) in [5, 5.41) is 14.4. The van der Waals surface area contributed by atoms with Gasteiger partial charge in [-0.2, -0.15) is 13.2 Å². The van der Waals surface area contributed by atoms with Crippen LogP contribution in [0, 0.1) is 0 Å². The first-order valence-corrected chi connectivity index (χ1v) is 6.55. The summed E-state index contributed by atoms with van der Waals surface area (Å²) in [4.78, 5) is 22.7. The third-order valence-corrected chi connectivity index (χ3v) is 2.70. The van der Waals surface area contributed by atoms with Crippen molar-refractivity contribution in [1.29, 1.82) is 0 Å². The molecule has 0 spiro atoms. The molecule has 1 aromatic carbocycles. The predicted molar refractivity (Wildman–Crippen MR) is 72.7 cm³/mol. The van der Waals surface area contributed by atoms with Gasteiger partial charge in [-0.15, -0.1) is 0 Å². The molecule has 122 valence electrons. The van der Waals surface area contributed by atoms with Gasteiger partial charge >= 0.3 is 18.0 Å². The molecule has 0 aliphatic rings. The Morgan fingerprint density at radius 3 is 2.14 bits per heavy atom. The first-order valence-electron chi connectivity index (χ1n) is 6.55. The zero-order valence-electron chi connectivity index (χ0n) is 12.1. The second-order valence-electron chi connectivity index (χ2n) is 4.97. The molecule has 0 radical (unpaired) electrons. The molecule has 0 aliphatic carbocycles. The van der Waals surface area contributed by atoms with E-state index in [1.54, 1.807) is 13.8 Å². The summed E-state index contributed by atoms with van der Waals surface area (Å²) in [6.07, 6.45) is -5.66. The molecule has 0 aliphatic heterocycles. The number of halogens is 3. The van der Waals surface area contributed by atoms with Crippen molar-refractivity contribution in [2.75, 3.05) is 6.54 Å². The van der Waals surface area contributed by atoms with Crippen molar-refractivity contribution in [3.63, 3.8) is 0 Å². The smallest absolute Gasteiger partial charge is 0.387 e. The number of alkyl halides is 3. The Hall–Kier alpha value is -2.09. The fraction of sp³-hybridized carbons (Fsp3) is 0.429. The van der Waals surface area contributed by atoms with Crippen LogP contribution in [0.1, 0.15) is 31.1 Å². The number of carbonyl (C=O) groups excluding carboxylic acids is 2. The van der Waals surface area contributed by atoms with Gasteiger partial charge in [0.15, 0.2) is 0 Å². The number of aliphatic hydroxyl groups is 1. The van der Waals surface area contributed by atoms with E-state index in [0.717, 1.165) is 24.3 Å². The van der Waals surface area contributed by atoms with Crippen molar-refractivity contribution >= 4 is 11.8 Å². The maximum atomic E-state index is 12.4. The van der Waals surface area contributed by atoms with Crippen LogP contribution in [0.2, 0.25) is 0 Å². The number of rotatable bonds is 4. The third kappa shape index (κ3) is 5.36. The van der Waals surface area contributed by atoms with Crippen LogP contribution in [0.5, 0.6) is 0 Å². The molecule has 1 unspecified atom stereocenters. The fourth-order valence-corrected chi connectivity index (χ4v) is 1.61. The molecule has 1 atom stereocenters. The minimum Gasteiger partial charge on any atom is -0.387 e. The van der Waals surface area contributed by atoms with Crippen LogP contribution in [-0.2, 0) is 15.8 Å². The topological polar surface area (TPSA) is 78.4 Å². The largest absolute Gasteiger partial charge is 0.416 e. The average molecular weight is 318 g/mol. The monoisotopic (exact) mass is 318 g/mol. The van der Waals surface area contributed by atoms with E-state index >= 15 is 0 Å². The average Bonchev–Trinajstić information content (AvgIpc) is 2.42. The highest BCUT2D eigenvalue weighted by molar-refractivity contribution is 6.35. The zero-order valence-corrected chi connectivity index (χ0v) is 12.1. The Bertz CT molecular complexity index is 527. The Balaban J connectivity index is 2.57. The van der Waals surface area contributed by atoms with Gasteiger partial charge in [-0.1, -0.05) is 12.1 Å². The Morgan fingerprint density at radius 1 is 1.14 bits per heavy atom. The lowest BCUT2D eigenvalue weighted by molar-refractivity contribution is -0.139. The zero-order chi connectivity index (χ0) is 16.9. The summed E-state index contributed by atoms with van der Waals surface area (Å²) >= 11 is 0. The van der Waals surface area contributed by atoms with Gasteiger partial charge in [-0.3, -0.25) is 9.59 Å². The molecule has 5 nitrogen and oxygen atoms in total. The van der Waals surface area contributed by atoms with Gasteiger partial charge in [0.1, 0.15) is 0 Å². The molecule has 8 heteroatoms. The molecule has 22 heavy (non-hydrogen) atoms. The highest BCUT2D eigenvalue weighted by Crippen LogP contribution is 2.29. The summed E-state index contributed by atoms with van der Waals surface area (Å²) in [5.74, 6) is -1.76. The van der Waals surface area contributed by atoms with Crippen molar-refractivity contribution in [2.45, 2.75) is 32.2 Å². The van der Waals surface area contributed by atoms with Crippen molar-refractivity contribution in [1.82, 2.24) is 10.6 Å². The Morgan fingerprint density at radius 2 is 1.68 bits per heavy atom. The molecule has 1 aromatic rings. The van der Waals surface area contributed by atoms with E-state index in [1.807, 2.05) is 0 Å². The van der Waals surface area contributed by atoms with E-state index in [0.29, 0.717) is 0 Å². The minimum absolute atomic E-state index is 0.206. The molecule has 0 saturated heterocycles. The highest BCUT2D eigenvalue weighted by atomic mass is 19.4. The van der Waals surface area contributed by atoms with Crippen LogP contribution in [-0.4, -0.2) is 29.5 Å². The molecule has 1 rings (SSSR count). The summed E-state index contributed by atoms with van der Waals surface area (Å²) in [6, 6.07) is 3.71. The van der Waals surface area contributed by atoms with Crippen LogP contribution >= 0.6 is 0 Å². The second-order valence-corrected chi connectivity index (χ2v) is 4.97. The van der Waals surface area contributed by atoms with Gasteiger partial charge in [0.2, 0.25) is 0 Å². The van der Waals surface area contributed by atoms with Crippen molar-refractivity contribution in [3.05, 3.63) is 35.4 Å². The van der Waals surface area contributed by atoms with E-state index < -0.39 is 29.7 Å². The van der Waals surface area contributed by atoms with Gasteiger partial charge in [0.25, 0.3) is 0 Å². The maximum Gasteiger partial charge on any atom is 0.416 e. The summed E-state index contributed by atoms with van der Waals surface area (Å²) < 4.78 is 37.2. The highest BCUT2D eigenvalue weighted by Gasteiger charge is 2.30. The standard InChI is InChI=1S/C14H17F3N2O3/c1-8(2)19-13(22)12(21)18-7-11(20)9-3-5-10(6-4-9)14(15,16)17/h3-6,8,11,20H,7H2,1-2H3,(H,18,21)(H,19,22). The van der Waals surface area contributed by atoms with Gasteiger partial charge in [0.05, 0.1) is 11.7 Å². The number of aliphatic hydroxyl groups excluding tert-OH is 1. The maximum absolute atomic E-state index is 12.4. The number of benzene rings is 1. The van der Waals surface area contributed by atoms with Crippen LogP contribution in [0.15, 0.2) is 24.3 Å². The summed E-state index contributed by atoms with van der Waals surface area (Å²) in [6.45, 7) is 3.08. The molecule has 0 aromatic heterocycles. The molecular formula is C14H17F3N2O3. The van der Waals surface area contributed by atoms with Gasteiger partial charge in [-0.05, 0) is 31.5 Å². The lowest BCUT2D eigenvalue weighted by Crippen LogP contribution is -2.43. The summed E-state index contributed by atoms with van der Waals surface area (Å²) in [5.41, 5.74) is -0.624. The minimum atomic E-state index is -4.45. The molecule has 2 amide bonds. The molecule has 0 saturated carbocycles. The number of hydrogen-bond acceptors (Lipinski definition) is 3. The van der Waals surface area contributed by atoms with Gasteiger partial charge in [-0.25, -0.2) is 0 Å².